The van der Waals surface area contributed by atoms with E-state index in [0.717, 1.165) is 24.9 Å². The van der Waals surface area contributed by atoms with Gasteiger partial charge in [0.2, 0.25) is 5.91 Å². The molecule has 1 heterocycles. The summed E-state index contributed by atoms with van der Waals surface area (Å²) in [4.78, 5) is 13.8. The van der Waals surface area contributed by atoms with Gasteiger partial charge in [0, 0.05) is 25.2 Å². The number of piperidine rings is 1. The van der Waals surface area contributed by atoms with Crippen molar-refractivity contribution in [1.82, 2.24) is 4.90 Å². The summed E-state index contributed by atoms with van der Waals surface area (Å²) in [5, 5.41) is 0. The van der Waals surface area contributed by atoms with E-state index in [1.807, 2.05) is 36.1 Å². The summed E-state index contributed by atoms with van der Waals surface area (Å²) in [6.07, 6.45) is 5.54. The fourth-order valence-corrected chi connectivity index (χ4v) is 2.26. The summed E-state index contributed by atoms with van der Waals surface area (Å²) in [5.41, 5.74) is 8.13. The number of aryl methyl sites for hydroxylation is 1. The third kappa shape index (κ3) is 3.44. The third-order valence-electron chi connectivity index (χ3n) is 3.23. The molecule has 1 aromatic rings. The number of likely N-dealkylation sites (tertiary alicyclic amines) is 1. The lowest BCUT2D eigenvalue weighted by molar-refractivity contribution is -0.127. The largest absolute Gasteiger partial charge is 0.338 e. The fraction of sp³-hybridized carbons (Fsp3) is 0.400. The predicted octanol–water partition coefficient (Wildman–Crippen LogP) is 1.96. The molecule has 0 aliphatic carbocycles. The van der Waals surface area contributed by atoms with Crippen LogP contribution in [0.5, 0.6) is 0 Å². The standard InChI is InChI=1S/C15H20N2O/c1-12-4-2-5-13(10-12)7-8-15(18)17-9-3-6-14(16)11-17/h2,4-5,7-8,10,14H,3,6,9,11,16H2,1H3/b8-7+. The molecule has 0 aromatic heterocycles. The normalized spacial score (nSPS) is 20.3. The molecule has 3 heteroatoms. The van der Waals surface area contributed by atoms with Crippen molar-refractivity contribution in [2.75, 3.05) is 13.1 Å². The molecular weight excluding hydrogens is 224 g/mol. The van der Waals surface area contributed by atoms with Crippen LogP contribution in [0.1, 0.15) is 24.0 Å². The molecule has 3 nitrogen and oxygen atoms in total. The number of nitrogens with zero attached hydrogens (tertiary/aromatic N) is 1. The number of nitrogens with two attached hydrogens (primary N) is 1. The molecule has 0 saturated carbocycles. The minimum atomic E-state index is 0.0617. The molecule has 1 fully saturated rings. The second-order valence-electron chi connectivity index (χ2n) is 4.93. The molecule has 1 aliphatic heterocycles. The predicted molar refractivity (Wildman–Crippen MR) is 74.0 cm³/mol. The maximum absolute atomic E-state index is 12.0. The highest BCUT2D eigenvalue weighted by Crippen LogP contribution is 2.10. The van der Waals surface area contributed by atoms with Gasteiger partial charge in [-0.2, -0.15) is 0 Å². The molecule has 18 heavy (non-hydrogen) atoms. The van der Waals surface area contributed by atoms with Crippen molar-refractivity contribution in [2.45, 2.75) is 25.8 Å². The Morgan fingerprint density at radius 2 is 2.33 bits per heavy atom. The Labute approximate surface area is 108 Å². The lowest BCUT2D eigenvalue weighted by Gasteiger charge is -2.29. The van der Waals surface area contributed by atoms with E-state index in [4.69, 9.17) is 5.73 Å². The van der Waals surface area contributed by atoms with Crippen molar-refractivity contribution >= 4 is 12.0 Å². The smallest absolute Gasteiger partial charge is 0.246 e. The molecule has 2 rings (SSSR count). The Kier molecular flexibility index (Phi) is 4.15. The number of hydrogen-bond donors (Lipinski definition) is 1. The highest BCUT2D eigenvalue weighted by molar-refractivity contribution is 5.91. The van der Waals surface area contributed by atoms with Gasteiger partial charge in [-0.25, -0.2) is 0 Å². The zero-order valence-electron chi connectivity index (χ0n) is 10.8. The number of benzene rings is 1. The van der Waals surface area contributed by atoms with Crippen LogP contribution in [-0.2, 0) is 4.79 Å². The van der Waals surface area contributed by atoms with Gasteiger partial charge in [0.05, 0.1) is 0 Å². The van der Waals surface area contributed by atoms with Gasteiger partial charge >= 0.3 is 0 Å². The van der Waals surface area contributed by atoms with Crippen LogP contribution in [0.25, 0.3) is 6.08 Å². The first-order valence-corrected chi connectivity index (χ1v) is 6.44. The van der Waals surface area contributed by atoms with E-state index in [0.29, 0.717) is 6.54 Å². The molecule has 0 radical (unpaired) electrons. The van der Waals surface area contributed by atoms with Crippen molar-refractivity contribution < 1.29 is 4.79 Å². The zero-order valence-corrected chi connectivity index (χ0v) is 10.8. The topological polar surface area (TPSA) is 46.3 Å². The maximum atomic E-state index is 12.0. The molecule has 0 spiro atoms. The highest BCUT2D eigenvalue weighted by atomic mass is 16.2. The number of carbonyl (C=O) groups excluding carboxylic acids is 1. The van der Waals surface area contributed by atoms with Crippen LogP contribution >= 0.6 is 0 Å². The first kappa shape index (κ1) is 12.8. The van der Waals surface area contributed by atoms with Crippen molar-refractivity contribution in [1.29, 1.82) is 0 Å². The molecule has 96 valence electrons. The first-order valence-electron chi connectivity index (χ1n) is 6.44. The van der Waals surface area contributed by atoms with E-state index >= 15 is 0 Å². The second-order valence-corrected chi connectivity index (χ2v) is 4.93. The molecule has 1 saturated heterocycles. The monoisotopic (exact) mass is 244 g/mol. The maximum Gasteiger partial charge on any atom is 0.246 e. The molecule has 1 atom stereocenters. The van der Waals surface area contributed by atoms with Gasteiger partial charge in [-0.05, 0) is 31.4 Å². The summed E-state index contributed by atoms with van der Waals surface area (Å²) >= 11 is 0. The number of hydrogen-bond acceptors (Lipinski definition) is 2. The molecule has 1 unspecified atom stereocenters. The third-order valence-corrected chi connectivity index (χ3v) is 3.23. The van der Waals surface area contributed by atoms with Gasteiger partial charge < -0.3 is 10.6 Å². The first-order chi connectivity index (χ1) is 8.65. The van der Waals surface area contributed by atoms with Gasteiger partial charge in [-0.1, -0.05) is 29.8 Å². The minimum Gasteiger partial charge on any atom is -0.338 e. The summed E-state index contributed by atoms with van der Waals surface area (Å²) in [6, 6.07) is 8.24. The van der Waals surface area contributed by atoms with Crippen LogP contribution in [0.4, 0.5) is 0 Å². The lowest BCUT2D eigenvalue weighted by atomic mass is 10.1. The van der Waals surface area contributed by atoms with Crippen LogP contribution in [0.2, 0.25) is 0 Å². The average molecular weight is 244 g/mol. The van der Waals surface area contributed by atoms with Crippen molar-refractivity contribution in [3.8, 4) is 0 Å². The lowest BCUT2D eigenvalue weighted by Crippen LogP contribution is -2.45. The van der Waals surface area contributed by atoms with Gasteiger partial charge in [-0.3, -0.25) is 4.79 Å². The Balaban J connectivity index is 1.98. The van der Waals surface area contributed by atoms with Gasteiger partial charge in [0.15, 0.2) is 0 Å². The summed E-state index contributed by atoms with van der Waals surface area (Å²) in [6.45, 7) is 3.55. The van der Waals surface area contributed by atoms with E-state index in [2.05, 4.69) is 6.07 Å². The molecule has 2 N–H and O–H groups in total. The van der Waals surface area contributed by atoms with E-state index in [9.17, 15) is 4.79 Å². The molecular formula is C15H20N2O. The molecule has 1 aliphatic rings. The average Bonchev–Trinajstić information content (AvgIpc) is 2.36. The Hall–Kier alpha value is -1.61. The van der Waals surface area contributed by atoms with Crippen molar-refractivity contribution in [2.24, 2.45) is 5.73 Å². The van der Waals surface area contributed by atoms with Crippen LogP contribution in [-0.4, -0.2) is 29.9 Å². The molecule has 1 amide bonds. The Morgan fingerprint density at radius 3 is 3.06 bits per heavy atom. The van der Waals surface area contributed by atoms with E-state index in [1.54, 1.807) is 6.08 Å². The molecule has 1 aromatic carbocycles. The molecule has 0 bridgehead atoms. The van der Waals surface area contributed by atoms with Crippen molar-refractivity contribution in [3.63, 3.8) is 0 Å². The quantitative estimate of drug-likeness (QED) is 0.808. The van der Waals surface area contributed by atoms with Gasteiger partial charge in [0.1, 0.15) is 0 Å². The van der Waals surface area contributed by atoms with Crippen molar-refractivity contribution in [3.05, 3.63) is 41.5 Å². The number of amides is 1. The van der Waals surface area contributed by atoms with E-state index < -0.39 is 0 Å². The summed E-state index contributed by atoms with van der Waals surface area (Å²) in [5.74, 6) is 0.0617. The Bertz CT molecular complexity index is 454. The fourth-order valence-electron chi connectivity index (χ4n) is 2.26. The van der Waals surface area contributed by atoms with Crippen LogP contribution < -0.4 is 5.73 Å². The van der Waals surface area contributed by atoms with Crippen LogP contribution in [0.15, 0.2) is 30.3 Å². The summed E-state index contributed by atoms with van der Waals surface area (Å²) < 4.78 is 0. The van der Waals surface area contributed by atoms with E-state index in [1.165, 1.54) is 5.56 Å². The summed E-state index contributed by atoms with van der Waals surface area (Å²) in [7, 11) is 0. The second kappa shape index (κ2) is 5.83. The minimum absolute atomic E-state index is 0.0617. The van der Waals surface area contributed by atoms with Gasteiger partial charge in [-0.15, -0.1) is 0 Å². The van der Waals surface area contributed by atoms with Crippen LogP contribution in [0, 0.1) is 6.92 Å². The van der Waals surface area contributed by atoms with E-state index in [-0.39, 0.29) is 11.9 Å². The van der Waals surface area contributed by atoms with Gasteiger partial charge in [0.25, 0.3) is 0 Å². The SMILES string of the molecule is Cc1cccc(/C=C/C(=O)N2CCCC(N)C2)c1. The highest BCUT2D eigenvalue weighted by Gasteiger charge is 2.19. The Morgan fingerprint density at radius 1 is 1.50 bits per heavy atom. The number of rotatable bonds is 2. The zero-order chi connectivity index (χ0) is 13.0. The van der Waals surface area contributed by atoms with Crippen LogP contribution in [0.3, 0.4) is 0 Å². The number of carbonyl (C=O) groups is 1.